The lowest BCUT2D eigenvalue weighted by Crippen LogP contribution is -2.47. The lowest BCUT2D eigenvalue weighted by atomic mass is 10.1. The number of nitrogens with two attached hydrogens (primary N) is 1. The number of likely N-dealkylation sites (tertiary alicyclic amines) is 1. The number of piperidine rings is 1. The maximum Gasteiger partial charge on any atom is 0.255 e. The average molecular weight is 365 g/mol. The van der Waals surface area contributed by atoms with Crippen LogP contribution in [0, 0.1) is 5.82 Å². The molecule has 110 valence electrons. The molecule has 0 aromatic heterocycles. The van der Waals surface area contributed by atoms with Crippen LogP contribution in [-0.2, 0) is 10.0 Å². The van der Waals surface area contributed by atoms with E-state index in [-0.39, 0.29) is 16.6 Å². The maximum atomic E-state index is 13.4. The van der Waals surface area contributed by atoms with E-state index < -0.39 is 27.0 Å². The first-order valence-corrected chi connectivity index (χ1v) is 8.46. The van der Waals surface area contributed by atoms with Crippen LogP contribution in [0.15, 0.2) is 22.7 Å². The van der Waals surface area contributed by atoms with Gasteiger partial charge < -0.3 is 4.90 Å². The molecule has 0 aliphatic carbocycles. The zero-order valence-electron chi connectivity index (χ0n) is 10.6. The molecule has 1 unspecified atom stereocenters. The molecule has 0 radical (unpaired) electrons. The fourth-order valence-corrected chi connectivity index (χ4v) is 3.55. The van der Waals surface area contributed by atoms with Crippen molar-refractivity contribution in [3.05, 3.63) is 34.1 Å². The summed E-state index contributed by atoms with van der Waals surface area (Å²) < 4.78 is 36.3. The Bertz CT molecular complexity index is 636. The van der Waals surface area contributed by atoms with Gasteiger partial charge in [0.25, 0.3) is 5.91 Å². The van der Waals surface area contributed by atoms with Gasteiger partial charge in [0, 0.05) is 13.1 Å². The first-order valence-electron chi connectivity index (χ1n) is 6.05. The Morgan fingerprint density at radius 1 is 1.45 bits per heavy atom. The van der Waals surface area contributed by atoms with Crippen molar-refractivity contribution in [2.75, 3.05) is 13.1 Å². The van der Waals surface area contributed by atoms with E-state index in [1.807, 2.05) is 0 Å². The molecule has 0 spiro atoms. The van der Waals surface area contributed by atoms with E-state index in [0.29, 0.717) is 19.4 Å². The first kappa shape index (κ1) is 15.4. The highest BCUT2D eigenvalue weighted by atomic mass is 79.9. The summed E-state index contributed by atoms with van der Waals surface area (Å²) >= 11 is 3.04. The van der Waals surface area contributed by atoms with Crippen molar-refractivity contribution in [2.45, 2.75) is 18.1 Å². The molecule has 1 aliphatic heterocycles. The molecule has 2 N–H and O–H groups in total. The van der Waals surface area contributed by atoms with Gasteiger partial charge in [0.2, 0.25) is 10.0 Å². The van der Waals surface area contributed by atoms with Crippen LogP contribution in [-0.4, -0.2) is 37.6 Å². The highest BCUT2D eigenvalue weighted by Crippen LogP contribution is 2.24. The molecule has 1 aromatic carbocycles. The van der Waals surface area contributed by atoms with Crippen LogP contribution >= 0.6 is 15.9 Å². The molecule has 1 amide bonds. The number of carbonyl (C=O) groups excluding carboxylic acids is 1. The molecule has 20 heavy (non-hydrogen) atoms. The first-order chi connectivity index (χ1) is 9.30. The van der Waals surface area contributed by atoms with Crippen LogP contribution in [0.4, 0.5) is 4.39 Å². The number of amides is 1. The van der Waals surface area contributed by atoms with Gasteiger partial charge >= 0.3 is 0 Å². The zero-order chi connectivity index (χ0) is 14.9. The van der Waals surface area contributed by atoms with Gasteiger partial charge in [-0.3, -0.25) is 4.79 Å². The van der Waals surface area contributed by atoms with Crippen molar-refractivity contribution in [2.24, 2.45) is 5.14 Å². The summed E-state index contributed by atoms with van der Waals surface area (Å²) in [4.78, 5) is 13.7. The molecule has 5 nitrogen and oxygen atoms in total. The van der Waals surface area contributed by atoms with E-state index in [4.69, 9.17) is 5.14 Å². The molecule has 1 saturated heterocycles. The number of primary sulfonamides is 1. The minimum atomic E-state index is -3.67. The van der Waals surface area contributed by atoms with Gasteiger partial charge in [0.15, 0.2) is 0 Å². The van der Waals surface area contributed by atoms with Gasteiger partial charge in [-0.2, -0.15) is 0 Å². The maximum absolute atomic E-state index is 13.4. The molecule has 0 saturated carbocycles. The Labute approximate surface area is 125 Å². The second-order valence-electron chi connectivity index (χ2n) is 4.71. The smallest absolute Gasteiger partial charge is 0.255 e. The van der Waals surface area contributed by atoms with E-state index in [1.54, 1.807) is 0 Å². The number of carbonyl (C=O) groups is 1. The van der Waals surface area contributed by atoms with E-state index in [2.05, 4.69) is 15.9 Å². The summed E-state index contributed by atoms with van der Waals surface area (Å²) in [6, 6.07) is 4.18. The molecule has 1 heterocycles. The number of halogens is 2. The van der Waals surface area contributed by atoms with E-state index in [0.717, 1.165) is 0 Å². The molecule has 8 heteroatoms. The Hall–Kier alpha value is -0.990. The fourth-order valence-electron chi connectivity index (χ4n) is 2.23. The number of hydrogen-bond acceptors (Lipinski definition) is 3. The summed E-state index contributed by atoms with van der Waals surface area (Å²) in [7, 11) is -3.67. The van der Waals surface area contributed by atoms with Crippen molar-refractivity contribution < 1.29 is 17.6 Å². The third-order valence-corrected chi connectivity index (χ3v) is 5.43. The largest absolute Gasteiger partial charge is 0.337 e. The van der Waals surface area contributed by atoms with Crippen molar-refractivity contribution in [1.82, 2.24) is 4.90 Å². The normalized spacial score (nSPS) is 19.9. The van der Waals surface area contributed by atoms with Crippen LogP contribution in [0.25, 0.3) is 0 Å². The quantitative estimate of drug-likeness (QED) is 0.862. The Morgan fingerprint density at radius 3 is 2.80 bits per heavy atom. The van der Waals surface area contributed by atoms with Gasteiger partial charge in [-0.25, -0.2) is 17.9 Å². The highest BCUT2D eigenvalue weighted by Gasteiger charge is 2.31. The van der Waals surface area contributed by atoms with Gasteiger partial charge in [-0.15, -0.1) is 0 Å². The number of sulfonamides is 1. The van der Waals surface area contributed by atoms with Crippen LogP contribution in [0.5, 0.6) is 0 Å². The highest BCUT2D eigenvalue weighted by molar-refractivity contribution is 9.10. The lowest BCUT2D eigenvalue weighted by molar-refractivity contribution is 0.0725. The van der Waals surface area contributed by atoms with Crippen molar-refractivity contribution in [3.63, 3.8) is 0 Å². The zero-order valence-corrected chi connectivity index (χ0v) is 13.0. The van der Waals surface area contributed by atoms with Gasteiger partial charge in [-0.05, 0) is 40.9 Å². The molecule has 2 rings (SSSR count). The predicted octanol–water partition coefficient (Wildman–Crippen LogP) is 1.48. The van der Waals surface area contributed by atoms with Crippen molar-refractivity contribution in [1.29, 1.82) is 0 Å². The molecular formula is C12H14BrFN2O3S. The third-order valence-electron chi connectivity index (χ3n) is 3.31. The second kappa shape index (κ2) is 5.79. The number of benzene rings is 1. The molecule has 1 fully saturated rings. The predicted molar refractivity (Wildman–Crippen MR) is 76.1 cm³/mol. The summed E-state index contributed by atoms with van der Waals surface area (Å²) in [5.41, 5.74) is 0.181. The van der Waals surface area contributed by atoms with E-state index >= 15 is 0 Å². The number of hydrogen-bond donors (Lipinski definition) is 1. The van der Waals surface area contributed by atoms with E-state index in [1.165, 1.54) is 23.1 Å². The summed E-state index contributed by atoms with van der Waals surface area (Å²) in [5.74, 6) is -0.930. The average Bonchev–Trinajstić information content (AvgIpc) is 2.40. The van der Waals surface area contributed by atoms with Crippen LogP contribution in [0.1, 0.15) is 23.2 Å². The van der Waals surface area contributed by atoms with Gasteiger partial charge in [0.05, 0.1) is 15.3 Å². The molecule has 1 aliphatic rings. The summed E-state index contributed by atoms with van der Waals surface area (Å²) in [6.45, 7) is 0.481. The third kappa shape index (κ3) is 3.18. The molecular weight excluding hydrogens is 351 g/mol. The molecule has 1 aromatic rings. The van der Waals surface area contributed by atoms with E-state index in [9.17, 15) is 17.6 Å². The van der Waals surface area contributed by atoms with Gasteiger partial charge in [0.1, 0.15) is 5.82 Å². The molecule has 0 bridgehead atoms. The lowest BCUT2D eigenvalue weighted by Gasteiger charge is -2.31. The topological polar surface area (TPSA) is 80.5 Å². The van der Waals surface area contributed by atoms with Crippen molar-refractivity contribution in [3.8, 4) is 0 Å². The monoisotopic (exact) mass is 364 g/mol. The summed E-state index contributed by atoms with van der Waals surface area (Å²) in [6.07, 6.45) is 0.993. The van der Waals surface area contributed by atoms with Crippen LogP contribution < -0.4 is 5.14 Å². The van der Waals surface area contributed by atoms with Gasteiger partial charge in [-0.1, -0.05) is 6.07 Å². The van der Waals surface area contributed by atoms with Crippen LogP contribution in [0.3, 0.4) is 0 Å². The Morgan fingerprint density at radius 2 is 2.15 bits per heavy atom. The Kier molecular flexibility index (Phi) is 4.46. The second-order valence-corrected chi connectivity index (χ2v) is 7.34. The minimum Gasteiger partial charge on any atom is -0.337 e. The standard InChI is InChI=1S/C12H14BrFN2O3S/c13-11-9(4-1-5-10(11)14)12(17)16-6-2-3-8(7-16)20(15,18)19/h1,4-5,8H,2-3,6-7H2,(H2,15,18,19). The molecule has 1 atom stereocenters. The summed E-state index contributed by atoms with van der Waals surface area (Å²) in [5, 5.41) is 4.37. The number of rotatable bonds is 2. The fraction of sp³-hybridized carbons (Fsp3) is 0.417. The SMILES string of the molecule is NS(=O)(=O)C1CCCN(C(=O)c2cccc(F)c2Br)C1. The van der Waals surface area contributed by atoms with Crippen molar-refractivity contribution >= 4 is 31.9 Å². The number of nitrogens with zero attached hydrogens (tertiary/aromatic N) is 1. The minimum absolute atomic E-state index is 0.0423. The Balaban J connectivity index is 2.23. The van der Waals surface area contributed by atoms with Crippen LogP contribution in [0.2, 0.25) is 0 Å².